The number of carbonyl (C=O) groups is 2. The van der Waals surface area contributed by atoms with Gasteiger partial charge in [0, 0.05) is 25.1 Å². The molecule has 0 aliphatic carbocycles. The van der Waals surface area contributed by atoms with E-state index in [1.165, 1.54) is 12.1 Å². The summed E-state index contributed by atoms with van der Waals surface area (Å²) in [7, 11) is 0. The zero-order chi connectivity index (χ0) is 20.3. The SMILES string of the molecule is CCOc1ccccc1N1CC(C(=O)Nc2cc([N+](=O)[O-])ccc2C)CC1=O. The minimum Gasteiger partial charge on any atom is -0.492 e. The third-order valence-corrected chi connectivity index (χ3v) is 4.64. The van der Waals surface area contributed by atoms with Crippen molar-refractivity contribution in [1.82, 2.24) is 0 Å². The van der Waals surface area contributed by atoms with Crippen molar-refractivity contribution in [3.8, 4) is 5.75 Å². The number of ether oxygens (including phenoxy) is 1. The minimum absolute atomic E-state index is 0.0697. The number of carbonyl (C=O) groups excluding carboxylic acids is 2. The Bertz CT molecular complexity index is 928. The first-order valence-electron chi connectivity index (χ1n) is 8.98. The molecule has 2 aromatic rings. The van der Waals surface area contributed by atoms with E-state index >= 15 is 0 Å². The number of aryl methyl sites for hydroxylation is 1. The Morgan fingerprint density at radius 2 is 2.07 bits per heavy atom. The summed E-state index contributed by atoms with van der Waals surface area (Å²) < 4.78 is 5.58. The van der Waals surface area contributed by atoms with Crippen LogP contribution in [-0.2, 0) is 9.59 Å². The summed E-state index contributed by atoms with van der Waals surface area (Å²) in [6.07, 6.45) is 0.0697. The first kappa shape index (κ1) is 19.3. The molecule has 1 aliphatic heterocycles. The standard InChI is InChI=1S/C20H21N3O5/c1-3-28-18-7-5-4-6-17(18)22-12-14(10-19(22)24)20(25)21-16-11-15(23(26)27)9-8-13(16)2/h4-9,11,14H,3,10,12H2,1-2H3,(H,21,25). The molecule has 1 saturated heterocycles. The maximum atomic E-state index is 12.7. The van der Waals surface area contributed by atoms with E-state index in [1.807, 2.05) is 19.1 Å². The van der Waals surface area contributed by atoms with Gasteiger partial charge in [-0.1, -0.05) is 18.2 Å². The molecule has 2 aromatic carbocycles. The van der Waals surface area contributed by atoms with Crippen LogP contribution >= 0.6 is 0 Å². The molecule has 1 N–H and O–H groups in total. The molecule has 0 radical (unpaired) electrons. The van der Waals surface area contributed by atoms with Gasteiger partial charge in [-0.15, -0.1) is 0 Å². The second-order valence-corrected chi connectivity index (χ2v) is 6.55. The van der Waals surface area contributed by atoms with E-state index in [-0.39, 0.29) is 30.5 Å². The second kappa shape index (κ2) is 8.08. The van der Waals surface area contributed by atoms with Gasteiger partial charge in [-0.05, 0) is 31.5 Å². The Kier molecular flexibility index (Phi) is 5.58. The molecule has 1 heterocycles. The zero-order valence-corrected chi connectivity index (χ0v) is 15.7. The number of benzene rings is 2. The fourth-order valence-electron chi connectivity index (χ4n) is 3.17. The minimum atomic E-state index is -0.555. The van der Waals surface area contributed by atoms with Crippen LogP contribution in [0, 0.1) is 23.0 Å². The lowest BCUT2D eigenvalue weighted by molar-refractivity contribution is -0.384. The Hall–Kier alpha value is -3.42. The van der Waals surface area contributed by atoms with Gasteiger partial charge in [-0.25, -0.2) is 0 Å². The van der Waals surface area contributed by atoms with Crippen LogP contribution in [0.25, 0.3) is 0 Å². The molecule has 8 nitrogen and oxygen atoms in total. The van der Waals surface area contributed by atoms with Crippen LogP contribution in [0.3, 0.4) is 0 Å². The lowest BCUT2D eigenvalue weighted by Gasteiger charge is -2.20. The number of anilines is 2. The van der Waals surface area contributed by atoms with Gasteiger partial charge in [0.1, 0.15) is 5.75 Å². The first-order valence-corrected chi connectivity index (χ1v) is 8.98. The van der Waals surface area contributed by atoms with E-state index in [1.54, 1.807) is 30.0 Å². The maximum absolute atomic E-state index is 12.7. The van der Waals surface area contributed by atoms with Crippen LogP contribution in [0.2, 0.25) is 0 Å². The predicted molar refractivity (Wildman–Crippen MR) is 105 cm³/mol. The molecule has 28 heavy (non-hydrogen) atoms. The molecule has 1 unspecified atom stereocenters. The molecule has 1 aliphatic rings. The molecule has 1 fully saturated rings. The van der Waals surface area contributed by atoms with Gasteiger partial charge in [0.15, 0.2) is 0 Å². The molecular weight excluding hydrogens is 362 g/mol. The van der Waals surface area contributed by atoms with Crippen molar-refractivity contribution in [3.63, 3.8) is 0 Å². The van der Waals surface area contributed by atoms with Crippen LogP contribution in [0.1, 0.15) is 18.9 Å². The van der Waals surface area contributed by atoms with Gasteiger partial charge in [0.25, 0.3) is 5.69 Å². The molecule has 0 bridgehead atoms. The Morgan fingerprint density at radius 3 is 2.79 bits per heavy atom. The fraction of sp³-hybridized carbons (Fsp3) is 0.300. The average molecular weight is 383 g/mol. The number of hydrogen-bond donors (Lipinski definition) is 1. The number of hydrogen-bond acceptors (Lipinski definition) is 5. The molecule has 146 valence electrons. The summed E-state index contributed by atoms with van der Waals surface area (Å²) in [5.41, 5.74) is 1.62. The van der Waals surface area contributed by atoms with Crippen molar-refractivity contribution in [2.45, 2.75) is 20.3 Å². The average Bonchev–Trinajstić information content (AvgIpc) is 3.06. The number of nitrogens with one attached hydrogen (secondary N) is 1. The van der Waals surface area contributed by atoms with Crippen molar-refractivity contribution in [1.29, 1.82) is 0 Å². The highest BCUT2D eigenvalue weighted by Gasteiger charge is 2.36. The fourth-order valence-corrected chi connectivity index (χ4v) is 3.17. The van der Waals surface area contributed by atoms with Crippen molar-refractivity contribution >= 4 is 28.9 Å². The quantitative estimate of drug-likeness (QED) is 0.609. The summed E-state index contributed by atoms with van der Waals surface area (Å²) in [5, 5.41) is 13.7. The van der Waals surface area contributed by atoms with Crippen molar-refractivity contribution in [2.24, 2.45) is 5.92 Å². The largest absolute Gasteiger partial charge is 0.492 e. The van der Waals surface area contributed by atoms with E-state index in [4.69, 9.17) is 4.74 Å². The monoisotopic (exact) mass is 383 g/mol. The lowest BCUT2D eigenvalue weighted by atomic mass is 10.1. The van der Waals surface area contributed by atoms with E-state index in [2.05, 4.69) is 5.32 Å². The van der Waals surface area contributed by atoms with Crippen molar-refractivity contribution < 1.29 is 19.2 Å². The van der Waals surface area contributed by atoms with E-state index in [0.717, 1.165) is 0 Å². The predicted octanol–water partition coefficient (Wildman–Crippen LogP) is 3.29. The van der Waals surface area contributed by atoms with Crippen LogP contribution in [-0.4, -0.2) is 29.9 Å². The number of amides is 2. The van der Waals surface area contributed by atoms with Crippen molar-refractivity contribution in [3.05, 3.63) is 58.1 Å². The Morgan fingerprint density at radius 1 is 1.32 bits per heavy atom. The van der Waals surface area contributed by atoms with E-state index in [9.17, 15) is 19.7 Å². The topological polar surface area (TPSA) is 102 Å². The van der Waals surface area contributed by atoms with Crippen LogP contribution in [0.15, 0.2) is 42.5 Å². The number of rotatable bonds is 6. The van der Waals surface area contributed by atoms with Crippen LogP contribution in [0.4, 0.5) is 17.1 Å². The Labute approximate surface area is 162 Å². The van der Waals surface area contributed by atoms with Gasteiger partial charge < -0.3 is 15.0 Å². The summed E-state index contributed by atoms with van der Waals surface area (Å²) in [6.45, 7) is 4.31. The first-order chi connectivity index (χ1) is 13.4. The number of nitro benzene ring substituents is 1. The van der Waals surface area contributed by atoms with Gasteiger partial charge in [-0.2, -0.15) is 0 Å². The van der Waals surface area contributed by atoms with Gasteiger partial charge in [0.05, 0.1) is 28.8 Å². The second-order valence-electron chi connectivity index (χ2n) is 6.55. The zero-order valence-electron chi connectivity index (χ0n) is 15.7. The molecular formula is C20H21N3O5. The third kappa shape index (κ3) is 3.95. The third-order valence-electron chi connectivity index (χ3n) is 4.64. The highest BCUT2D eigenvalue weighted by Crippen LogP contribution is 2.33. The highest BCUT2D eigenvalue weighted by molar-refractivity contribution is 6.04. The number of nitro groups is 1. The molecule has 3 rings (SSSR count). The smallest absolute Gasteiger partial charge is 0.271 e. The number of nitrogens with zero attached hydrogens (tertiary/aromatic N) is 2. The molecule has 0 spiro atoms. The van der Waals surface area contributed by atoms with Gasteiger partial charge in [-0.3, -0.25) is 19.7 Å². The summed E-state index contributed by atoms with van der Waals surface area (Å²) in [5.74, 6) is -0.466. The molecule has 0 saturated carbocycles. The van der Waals surface area contributed by atoms with Gasteiger partial charge in [0.2, 0.25) is 11.8 Å². The lowest BCUT2D eigenvalue weighted by Crippen LogP contribution is -2.28. The molecule has 1 atom stereocenters. The van der Waals surface area contributed by atoms with E-state index < -0.39 is 10.8 Å². The van der Waals surface area contributed by atoms with E-state index in [0.29, 0.717) is 29.3 Å². The molecule has 2 amide bonds. The Balaban J connectivity index is 1.76. The maximum Gasteiger partial charge on any atom is 0.271 e. The van der Waals surface area contributed by atoms with Crippen LogP contribution in [0.5, 0.6) is 5.75 Å². The highest BCUT2D eigenvalue weighted by atomic mass is 16.6. The summed E-state index contributed by atoms with van der Waals surface area (Å²) in [6, 6.07) is 11.5. The number of non-ortho nitro benzene ring substituents is 1. The van der Waals surface area contributed by atoms with Gasteiger partial charge >= 0.3 is 0 Å². The van der Waals surface area contributed by atoms with Crippen molar-refractivity contribution in [2.75, 3.05) is 23.4 Å². The number of para-hydroxylation sites is 2. The normalized spacial score (nSPS) is 16.1. The summed E-state index contributed by atoms with van der Waals surface area (Å²) in [4.78, 5) is 37.2. The van der Waals surface area contributed by atoms with Crippen LogP contribution < -0.4 is 15.0 Å². The molecule has 0 aromatic heterocycles. The molecule has 8 heteroatoms. The summed E-state index contributed by atoms with van der Waals surface area (Å²) >= 11 is 0.